The number of aldehydes is 1. The molecule has 1 fully saturated rings. The van der Waals surface area contributed by atoms with Crippen molar-refractivity contribution >= 4 is 35.3 Å². The first-order valence-corrected chi connectivity index (χ1v) is 7.32. The summed E-state index contributed by atoms with van der Waals surface area (Å²) in [6, 6.07) is 5.46. The average molecular weight is 356 g/mol. The zero-order valence-electron chi connectivity index (χ0n) is 12.4. The summed E-state index contributed by atoms with van der Waals surface area (Å²) in [7, 11) is 0. The van der Waals surface area contributed by atoms with Crippen LogP contribution in [0.15, 0.2) is 24.3 Å². The number of carbonyl (C=O) groups is 3. The molecule has 0 spiro atoms. The molecule has 0 bridgehead atoms. The van der Waals surface area contributed by atoms with Crippen LogP contribution in [0.3, 0.4) is 0 Å². The van der Waals surface area contributed by atoms with Gasteiger partial charge < -0.3 is 10.5 Å². The van der Waals surface area contributed by atoms with E-state index in [1.807, 2.05) is 0 Å². The number of hydrogen-bond donors (Lipinski definition) is 1. The molecule has 0 radical (unpaired) electrons. The molecule has 128 valence electrons. The number of non-ortho nitro benzene ring substituents is 1. The topological polar surface area (TPSA) is 133 Å². The van der Waals surface area contributed by atoms with Gasteiger partial charge in [0.15, 0.2) is 11.8 Å². The fraction of sp³-hybridized carbons (Fsp3) is 0.357. The molecular weight excluding hydrogens is 342 g/mol. The maximum absolute atomic E-state index is 12.0. The van der Waals surface area contributed by atoms with E-state index < -0.39 is 27.8 Å². The van der Waals surface area contributed by atoms with E-state index in [2.05, 4.69) is 0 Å². The van der Waals surface area contributed by atoms with E-state index in [0.29, 0.717) is 5.56 Å². The van der Waals surface area contributed by atoms with Gasteiger partial charge in [0.05, 0.1) is 4.92 Å². The van der Waals surface area contributed by atoms with Crippen molar-refractivity contribution in [2.24, 2.45) is 5.73 Å². The number of hydrogen-bond acceptors (Lipinski definition) is 8. The van der Waals surface area contributed by atoms with E-state index in [4.69, 9.17) is 22.1 Å². The monoisotopic (exact) mass is 355 g/mol. The Hall–Kier alpha value is -2.36. The normalized spacial score (nSPS) is 21.4. The molecule has 10 heteroatoms. The Labute approximate surface area is 141 Å². The van der Waals surface area contributed by atoms with E-state index in [1.54, 1.807) is 0 Å². The van der Waals surface area contributed by atoms with Crippen molar-refractivity contribution in [1.29, 1.82) is 0 Å². The third-order valence-corrected chi connectivity index (χ3v) is 4.19. The molecule has 0 aliphatic carbocycles. The van der Waals surface area contributed by atoms with Crippen LogP contribution in [0.4, 0.5) is 5.69 Å². The number of Topliss-reactive ketones (excluding diaryl/α,β-unsaturated/α-hetero) is 1. The number of alkyl halides is 1. The lowest BCUT2D eigenvalue weighted by Gasteiger charge is -2.48. The molecule has 2 atom stereocenters. The lowest BCUT2D eigenvalue weighted by Crippen LogP contribution is -2.73. The van der Waals surface area contributed by atoms with E-state index in [9.17, 15) is 24.5 Å². The van der Waals surface area contributed by atoms with Crippen molar-refractivity contribution in [2.45, 2.75) is 24.2 Å². The minimum atomic E-state index is -1.58. The summed E-state index contributed by atoms with van der Waals surface area (Å²) in [5.74, 6) is -1.69. The number of nitrogens with zero attached hydrogens (tertiary/aromatic N) is 2. The Morgan fingerprint density at radius 1 is 1.46 bits per heavy atom. The quantitative estimate of drug-likeness (QED) is 0.141. The van der Waals surface area contributed by atoms with Crippen molar-refractivity contribution in [3.05, 3.63) is 39.9 Å². The van der Waals surface area contributed by atoms with Crippen molar-refractivity contribution in [1.82, 2.24) is 4.90 Å². The van der Waals surface area contributed by atoms with Crippen LogP contribution < -0.4 is 5.73 Å². The first-order valence-electron chi connectivity index (χ1n) is 6.89. The molecule has 24 heavy (non-hydrogen) atoms. The summed E-state index contributed by atoms with van der Waals surface area (Å²) in [4.78, 5) is 45.3. The van der Waals surface area contributed by atoms with Crippen LogP contribution in [0.1, 0.15) is 12.0 Å². The number of ether oxygens (including phenoxy) is 1. The molecule has 1 saturated heterocycles. The fourth-order valence-electron chi connectivity index (χ4n) is 2.23. The largest absolute Gasteiger partial charge is 0.459 e. The molecule has 1 aromatic carbocycles. The van der Waals surface area contributed by atoms with Crippen LogP contribution in [-0.2, 0) is 25.7 Å². The molecule has 0 saturated carbocycles. The van der Waals surface area contributed by atoms with Gasteiger partial charge in [-0.3, -0.25) is 24.6 Å². The van der Waals surface area contributed by atoms with Gasteiger partial charge in [0.25, 0.3) is 5.69 Å². The predicted octanol–water partition coefficient (Wildman–Crippen LogP) is 0.332. The van der Waals surface area contributed by atoms with E-state index >= 15 is 0 Å². The summed E-state index contributed by atoms with van der Waals surface area (Å²) in [6.45, 7) is 0.129. The molecule has 2 N–H and O–H groups in total. The third kappa shape index (κ3) is 3.42. The average Bonchev–Trinajstić information content (AvgIpc) is 2.57. The number of ketones is 1. The number of rotatable bonds is 7. The highest BCUT2D eigenvalue weighted by Crippen LogP contribution is 2.30. The van der Waals surface area contributed by atoms with Crippen molar-refractivity contribution in [3.63, 3.8) is 0 Å². The summed E-state index contributed by atoms with van der Waals surface area (Å²) < 4.78 is 5.02. The Bertz CT molecular complexity index is 680. The van der Waals surface area contributed by atoms with Crippen LogP contribution in [0.5, 0.6) is 0 Å². The highest BCUT2D eigenvalue weighted by atomic mass is 35.5. The van der Waals surface area contributed by atoms with Crippen LogP contribution in [-0.4, -0.2) is 45.6 Å². The minimum absolute atomic E-state index is 0.0823. The zero-order chi connectivity index (χ0) is 17.9. The number of nitro groups is 1. The van der Waals surface area contributed by atoms with Gasteiger partial charge in [-0.1, -0.05) is 11.6 Å². The number of likely N-dealkylation sites (tertiary alicyclic amines) is 1. The highest BCUT2D eigenvalue weighted by Gasteiger charge is 2.52. The van der Waals surface area contributed by atoms with Crippen molar-refractivity contribution < 1.29 is 24.0 Å². The first kappa shape index (κ1) is 18.0. The summed E-state index contributed by atoms with van der Waals surface area (Å²) in [6.07, 6.45) is 0.307. The molecule has 0 aromatic heterocycles. The lowest BCUT2D eigenvalue weighted by atomic mass is 9.91. The minimum Gasteiger partial charge on any atom is -0.459 e. The van der Waals surface area contributed by atoms with Crippen LogP contribution in [0.25, 0.3) is 0 Å². The van der Waals surface area contributed by atoms with Crippen molar-refractivity contribution in [3.8, 4) is 0 Å². The molecular formula is C14H14ClN3O6. The molecule has 1 heterocycles. The van der Waals surface area contributed by atoms with Crippen molar-refractivity contribution in [2.75, 3.05) is 6.54 Å². The Morgan fingerprint density at radius 3 is 2.54 bits per heavy atom. The number of nitrogens with two attached hydrogens (primary N) is 1. The summed E-state index contributed by atoms with van der Waals surface area (Å²) in [5, 5.41) is 10.6. The first-order chi connectivity index (χ1) is 11.3. The standard InChI is InChI=1S/C14H14ClN3O6/c15-12(17-6-5-14(17,16)11(20)7-19)13(21)24-8-9-1-3-10(4-2-9)18(22)23/h1-4,7,12H,5-6,8,16H2. The van der Waals surface area contributed by atoms with Gasteiger partial charge in [-0.05, 0) is 24.1 Å². The lowest BCUT2D eigenvalue weighted by molar-refractivity contribution is -0.384. The smallest absolute Gasteiger partial charge is 0.339 e. The van der Waals surface area contributed by atoms with Crippen LogP contribution in [0, 0.1) is 10.1 Å². The number of esters is 1. The molecule has 9 nitrogen and oxygen atoms in total. The summed E-state index contributed by atoms with van der Waals surface area (Å²) >= 11 is 5.97. The van der Waals surface area contributed by atoms with E-state index in [0.717, 1.165) is 0 Å². The molecule has 2 rings (SSSR count). The molecule has 2 unspecified atom stereocenters. The third-order valence-electron chi connectivity index (χ3n) is 3.78. The van der Waals surface area contributed by atoms with E-state index in [-0.39, 0.29) is 31.5 Å². The van der Waals surface area contributed by atoms with E-state index in [1.165, 1.54) is 29.2 Å². The molecule has 1 aliphatic heterocycles. The van der Waals surface area contributed by atoms with Gasteiger partial charge in [0.1, 0.15) is 12.3 Å². The SMILES string of the molecule is NC1(C(=O)C=O)CCN1C(Cl)C(=O)OCc1ccc([N+](=O)[O-])cc1. The zero-order valence-corrected chi connectivity index (χ0v) is 13.1. The summed E-state index contributed by atoms with van der Waals surface area (Å²) in [5.41, 5.74) is 3.33. The van der Waals surface area contributed by atoms with Gasteiger partial charge in [0.2, 0.25) is 5.78 Å². The Balaban J connectivity index is 1.93. The second kappa shape index (κ2) is 7.04. The molecule has 1 aliphatic rings. The maximum atomic E-state index is 12.0. The molecule has 1 aromatic rings. The van der Waals surface area contributed by atoms with Gasteiger partial charge in [-0.2, -0.15) is 0 Å². The highest BCUT2D eigenvalue weighted by molar-refractivity contribution is 6.32. The number of nitro benzene ring substituents is 1. The van der Waals surface area contributed by atoms with Gasteiger partial charge in [0, 0.05) is 18.7 Å². The fourth-order valence-corrected chi connectivity index (χ4v) is 2.56. The number of benzene rings is 1. The van der Waals surface area contributed by atoms with Gasteiger partial charge >= 0.3 is 5.97 Å². The number of halogens is 1. The number of carbonyl (C=O) groups excluding carboxylic acids is 3. The Kier molecular flexibility index (Phi) is 5.27. The van der Waals surface area contributed by atoms with Gasteiger partial charge in [-0.25, -0.2) is 4.79 Å². The second-order valence-corrected chi connectivity index (χ2v) is 5.63. The maximum Gasteiger partial charge on any atom is 0.339 e. The Morgan fingerprint density at radius 2 is 2.08 bits per heavy atom. The van der Waals surface area contributed by atoms with Crippen LogP contribution in [0.2, 0.25) is 0 Å². The van der Waals surface area contributed by atoms with Gasteiger partial charge in [-0.15, -0.1) is 0 Å². The predicted molar refractivity (Wildman–Crippen MR) is 81.8 cm³/mol. The second-order valence-electron chi connectivity index (χ2n) is 5.22. The van der Waals surface area contributed by atoms with Crippen LogP contribution >= 0.6 is 11.6 Å². The molecule has 0 amide bonds.